The van der Waals surface area contributed by atoms with Crippen molar-refractivity contribution in [3.05, 3.63) is 78.8 Å². The molecule has 6 aromatic rings. The minimum Gasteiger partial charge on any atom is -0.241 e. The molecule has 0 aliphatic rings. The topological polar surface area (TPSA) is 64.5 Å². The molecule has 0 atom stereocenters. The molecule has 30 heavy (non-hydrogen) atoms. The number of thiophene rings is 1. The summed E-state index contributed by atoms with van der Waals surface area (Å²) in [6.07, 6.45) is 1.83. The molecule has 0 fully saturated rings. The van der Waals surface area contributed by atoms with Crippen molar-refractivity contribution in [1.29, 1.82) is 0 Å². The first kappa shape index (κ1) is 17.1. The summed E-state index contributed by atoms with van der Waals surface area (Å²) < 4.78 is 1.06. The second-order valence-corrected chi connectivity index (χ2v) is 8.13. The van der Waals surface area contributed by atoms with Gasteiger partial charge >= 0.3 is 0 Å². The molecule has 0 unspecified atom stereocenters. The summed E-state index contributed by atoms with van der Waals surface area (Å²) in [7, 11) is 0. The van der Waals surface area contributed by atoms with E-state index in [-0.39, 0.29) is 0 Å². The molecule has 0 saturated carbocycles. The lowest BCUT2D eigenvalue weighted by atomic mass is 9.97. The SMILES string of the molecule is Cc1ncc2cc3sc4nnc(-c5ccccc5)c(-c5ccccc5)c4c3nc2n1. The molecule has 4 aromatic heterocycles. The monoisotopic (exact) mass is 405 g/mol. The molecule has 6 heteroatoms. The van der Waals surface area contributed by atoms with Crippen molar-refractivity contribution in [3.63, 3.8) is 0 Å². The van der Waals surface area contributed by atoms with Gasteiger partial charge in [-0.15, -0.1) is 21.5 Å². The Kier molecular flexibility index (Phi) is 3.79. The van der Waals surface area contributed by atoms with Crippen molar-refractivity contribution in [3.8, 4) is 22.4 Å². The molecule has 0 aliphatic heterocycles. The highest BCUT2D eigenvalue weighted by atomic mass is 32.1. The summed E-state index contributed by atoms with van der Waals surface area (Å²) >= 11 is 1.60. The van der Waals surface area contributed by atoms with E-state index in [1.54, 1.807) is 11.3 Å². The number of nitrogens with zero attached hydrogens (tertiary/aromatic N) is 5. The first-order valence-electron chi connectivity index (χ1n) is 9.62. The molecule has 0 aliphatic carbocycles. The van der Waals surface area contributed by atoms with Crippen LogP contribution in [0.15, 0.2) is 72.9 Å². The molecule has 0 amide bonds. The van der Waals surface area contributed by atoms with Gasteiger partial charge in [-0.1, -0.05) is 60.7 Å². The van der Waals surface area contributed by atoms with Crippen LogP contribution in [0.25, 0.3) is 53.9 Å². The summed E-state index contributed by atoms with van der Waals surface area (Å²) in [6, 6.07) is 22.6. The quantitative estimate of drug-likeness (QED) is 0.363. The maximum Gasteiger partial charge on any atom is 0.163 e. The molecule has 0 N–H and O–H groups in total. The largest absolute Gasteiger partial charge is 0.241 e. The summed E-state index contributed by atoms with van der Waals surface area (Å²) in [6.45, 7) is 1.88. The van der Waals surface area contributed by atoms with Gasteiger partial charge < -0.3 is 0 Å². The van der Waals surface area contributed by atoms with E-state index in [0.29, 0.717) is 11.5 Å². The van der Waals surface area contributed by atoms with Gasteiger partial charge in [0, 0.05) is 28.1 Å². The lowest BCUT2D eigenvalue weighted by Crippen LogP contribution is -1.94. The maximum absolute atomic E-state index is 4.94. The van der Waals surface area contributed by atoms with Crippen LogP contribution < -0.4 is 0 Å². The van der Waals surface area contributed by atoms with Gasteiger partial charge in [0.1, 0.15) is 16.3 Å². The zero-order chi connectivity index (χ0) is 20.1. The van der Waals surface area contributed by atoms with Gasteiger partial charge in [-0.2, -0.15) is 0 Å². The second kappa shape index (κ2) is 6.64. The third kappa shape index (κ3) is 2.65. The van der Waals surface area contributed by atoms with Crippen molar-refractivity contribution in [2.45, 2.75) is 6.92 Å². The molecule has 2 aromatic carbocycles. The molecule has 6 rings (SSSR count). The average Bonchev–Trinajstić information content (AvgIpc) is 3.15. The maximum atomic E-state index is 4.94. The first-order chi connectivity index (χ1) is 14.8. The molecule has 0 spiro atoms. The lowest BCUT2D eigenvalue weighted by Gasteiger charge is -2.10. The summed E-state index contributed by atoms with van der Waals surface area (Å²) in [5.41, 5.74) is 5.64. The number of aryl methyl sites for hydroxylation is 1. The van der Waals surface area contributed by atoms with E-state index in [2.05, 4.69) is 50.5 Å². The van der Waals surface area contributed by atoms with E-state index in [4.69, 9.17) is 4.98 Å². The minimum atomic E-state index is 0.701. The van der Waals surface area contributed by atoms with Crippen LogP contribution in [0.3, 0.4) is 0 Å². The number of fused-ring (bicyclic) bond motifs is 4. The Morgan fingerprint density at radius 2 is 1.53 bits per heavy atom. The highest BCUT2D eigenvalue weighted by Gasteiger charge is 2.20. The van der Waals surface area contributed by atoms with Crippen molar-refractivity contribution < 1.29 is 0 Å². The Labute approximate surface area is 176 Å². The predicted octanol–water partition coefficient (Wildman–Crippen LogP) is 5.83. The van der Waals surface area contributed by atoms with Crippen LogP contribution in [0, 0.1) is 6.92 Å². The first-order valence-corrected chi connectivity index (χ1v) is 10.4. The Bertz CT molecular complexity index is 1540. The van der Waals surface area contributed by atoms with Crippen LogP contribution in [-0.4, -0.2) is 25.1 Å². The molecule has 0 bridgehead atoms. The van der Waals surface area contributed by atoms with Gasteiger partial charge in [-0.25, -0.2) is 15.0 Å². The van der Waals surface area contributed by atoms with Crippen LogP contribution in [0.4, 0.5) is 0 Å². The van der Waals surface area contributed by atoms with Crippen molar-refractivity contribution in [1.82, 2.24) is 25.1 Å². The average molecular weight is 405 g/mol. The number of rotatable bonds is 2. The third-order valence-electron chi connectivity index (χ3n) is 5.15. The van der Waals surface area contributed by atoms with Crippen LogP contribution in [-0.2, 0) is 0 Å². The van der Waals surface area contributed by atoms with E-state index in [0.717, 1.165) is 48.2 Å². The molecular formula is C24H15N5S. The van der Waals surface area contributed by atoms with E-state index >= 15 is 0 Å². The van der Waals surface area contributed by atoms with Crippen molar-refractivity contribution in [2.24, 2.45) is 0 Å². The Morgan fingerprint density at radius 3 is 2.30 bits per heavy atom. The Hall–Kier alpha value is -3.77. The number of hydrogen-bond donors (Lipinski definition) is 0. The molecule has 4 heterocycles. The van der Waals surface area contributed by atoms with Crippen LogP contribution in [0.5, 0.6) is 0 Å². The van der Waals surface area contributed by atoms with Crippen molar-refractivity contribution >= 4 is 42.8 Å². The van der Waals surface area contributed by atoms with Gasteiger partial charge in [0.15, 0.2) is 5.65 Å². The van der Waals surface area contributed by atoms with Crippen LogP contribution in [0.1, 0.15) is 5.82 Å². The standard InChI is InChI=1S/C24H15N5S/c1-14-25-13-17-12-18-22(27-23(17)26-14)20-19(15-8-4-2-5-9-15)21(28-29-24(20)30-18)16-10-6-3-7-11-16/h2-13H,1H3. The van der Waals surface area contributed by atoms with E-state index in [1.807, 2.05) is 49.5 Å². The van der Waals surface area contributed by atoms with Gasteiger partial charge in [0.25, 0.3) is 0 Å². The van der Waals surface area contributed by atoms with E-state index < -0.39 is 0 Å². The molecule has 0 saturated heterocycles. The van der Waals surface area contributed by atoms with E-state index in [1.165, 1.54) is 0 Å². The number of pyridine rings is 1. The predicted molar refractivity (Wildman–Crippen MR) is 121 cm³/mol. The summed E-state index contributed by atoms with van der Waals surface area (Å²) in [5, 5.41) is 11.2. The molecule has 0 radical (unpaired) electrons. The number of benzene rings is 2. The molecule has 5 nitrogen and oxygen atoms in total. The fourth-order valence-electron chi connectivity index (χ4n) is 3.79. The normalized spacial score (nSPS) is 11.5. The van der Waals surface area contributed by atoms with Crippen molar-refractivity contribution in [2.75, 3.05) is 0 Å². The third-order valence-corrected chi connectivity index (χ3v) is 6.16. The zero-order valence-electron chi connectivity index (χ0n) is 16.1. The summed E-state index contributed by atoms with van der Waals surface area (Å²) in [5.74, 6) is 0.710. The highest BCUT2D eigenvalue weighted by Crippen LogP contribution is 2.42. The Balaban J connectivity index is 1.79. The van der Waals surface area contributed by atoms with Gasteiger partial charge in [0.05, 0.1) is 10.2 Å². The highest BCUT2D eigenvalue weighted by molar-refractivity contribution is 7.25. The fourth-order valence-corrected chi connectivity index (χ4v) is 4.81. The second-order valence-electron chi connectivity index (χ2n) is 7.10. The fraction of sp³-hybridized carbons (Fsp3) is 0.0417. The molecule has 142 valence electrons. The zero-order valence-corrected chi connectivity index (χ0v) is 16.9. The molecular weight excluding hydrogens is 390 g/mol. The van der Waals surface area contributed by atoms with Gasteiger partial charge in [-0.05, 0) is 18.6 Å². The van der Waals surface area contributed by atoms with Crippen LogP contribution >= 0.6 is 11.3 Å². The Morgan fingerprint density at radius 1 is 0.800 bits per heavy atom. The lowest BCUT2D eigenvalue weighted by molar-refractivity contribution is 1.08. The van der Waals surface area contributed by atoms with Gasteiger partial charge in [-0.3, -0.25) is 0 Å². The smallest absolute Gasteiger partial charge is 0.163 e. The minimum absolute atomic E-state index is 0.701. The number of aromatic nitrogens is 5. The number of hydrogen-bond acceptors (Lipinski definition) is 6. The van der Waals surface area contributed by atoms with E-state index in [9.17, 15) is 0 Å². The van der Waals surface area contributed by atoms with Crippen LogP contribution in [0.2, 0.25) is 0 Å². The van der Waals surface area contributed by atoms with Gasteiger partial charge in [0.2, 0.25) is 0 Å². The summed E-state index contributed by atoms with van der Waals surface area (Å²) in [4.78, 5) is 14.7.